The van der Waals surface area contributed by atoms with Crippen molar-refractivity contribution in [2.75, 3.05) is 6.54 Å². The van der Waals surface area contributed by atoms with Gasteiger partial charge in [0.1, 0.15) is 0 Å². The number of hydrogen-bond donors (Lipinski definition) is 1. The van der Waals surface area contributed by atoms with Gasteiger partial charge >= 0.3 is 0 Å². The quantitative estimate of drug-likeness (QED) is 0.142. The first-order valence-electron chi connectivity index (χ1n) is 42.0. The van der Waals surface area contributed by atoms with Crippen LogP contribution in [0.4, 0.5) is 0 Å². The molecule has 0 saturated heterocycles. The second-order valence-electron chi connectivity index (χ2n) is 31.2. The minimum atomic E-state index is 0.420. The van der Waals surface area contributed by atoms with Crippen LogP contribution in [0.3, 0.4) is 0 Å². The second kappa shape index (κ2) is 48.1. The Balaban J connectivity index is 0.000000148. The molecule has 0 amide bonds. The Morgan fingerprint density at radius 2 is 0.762 bits per heavy atom. The fourth-order valence-electron chi connectivity index (χ4n) is 12.7. The largest absolute Gasteiger partial charge is 0.384 e. The minimum absolute atomic E-state index is 0.420. The number of aliphatic imine (C=N–C) groups is 1. The molecular weight excluding hydrogens is 1550 g/mol. The van der Waals surface area contributed by atoms with Crippen LogP contribution in [0.25, 0.3) is 84.4 Å². The zero-order valence-electron chi connectivity index (χ0n) is 75.6. The molecule has 0 aromatic carbocycles. The van der Waals surface area contributed by atoms with Crippen molar-refractivity contribution < 1.29 is 0 Å². The number of rotatable bonds is 9. The second-order valence-corrected chi connectivity index (χ2v) is 31.2. The SMILES string of the molecule is Cc1cc(-c2ccnc(C)c2)ccn1.Cc1cc(C2=NCC(C)C=C2)ccn1.Cc1ccc(-c2ccc(C)nc2)nc1.Cc1ccc(-c2cccc(C)n2)nc1.Cc1cccc(C2=CNC(C)C=C2)n1.Cc1cccnc1-c1ncccc1C.Cc1ccnc(-c2cc(C)ccn2)c1.Cc1cncc(-c2cncc(C)c2)c1.Cc1cnccc1-c1ccncc1C. The van der Waals surface area contributed by atoms with E-state index in [0.29, 0.717) is 12.0 Å². The summed E-state index contributed by atoms with van der Waals surface area (Å²) >= 11 is 0. The summed E-state index contributed by atoms with van der Waals surface area (Å²) in [7, 11) is 0. The molecule has 126 heavy (non-hydrogen) atoms. The van der Waals surface area contributed by atoms with Crippen LogP contribution in [-0.4, -0.2) is 98.0 Å². The molecular formula is C108H112N18. The first-order valence-corrected chi connectivity index (χ1v) is 42.0. The van der Waals surface area contributed by atoms with E-state index in [0.717, 1.165) is 125 Å². The van der Waals surface area contributed by atoms with Crippen molar-refractivity contribution in [3.05, 3.63) is 425 Å². The Kier molecular flexibility index (Phi) is 35.6. The molecule has 2 atom stereocenters. The number of dihydropyridines is 2. The fourth-order valence-corrected chi connectivity index (χ4v) is 12.7. The van der Waals surface area contributed by atoms with Gasteiger partial charge in [0.15, 0.2) is 0 Å². The molecule has 0 radical (unpaired) electrons. The maximum atomic E-state index is 4.52. The highest BCUT2D eigenvalue weighted by Gasteiger charge is 2.12. The van der Waals surface area contributed by atoms with Crippen molar-refractivity contribution in [1.82, 2.24) is 85.1 Å². The van der Waals surface area contributed by atoms with E-state index in [2.05, 4.69) is 218 Å². The molecule has 18 heteroatoms. The lowest BCUT2D eigenvalue weighted by atomic mass is 10.0. The fraction of sp³-hybridized carbons (Fsp3) is 0.194. The number of pyridine rings is 16. The summed E-state index contributed by atoms with van der Waals surface area (Å²) in [6, 6.07) is 61.2. The molecule has 0 saturated carbocycles. The van der Waals surface area contributed by atoms with Gasteiger partial charge in [-0.05, 0) is 353 Å². The van der Waals surface area contributed by atoms with E-state index in [1.54, 1.807) is 12.4 Å². The third-order valence-corrected chi connectivity index (χ3v) is 19.6. The third kappa shape index (κ3) is 30.3. The predicted molar refractivity (Wildman–Crippen MR) is 516 cm³/mol. The monoisotopic (exact) mass is 1660 g/mol. The minimum Gasteiger partial charge on any atom is -0.384 e. The smallest absolute Gasteiger partial charge is 0.0917 e. The number of aromatic nitrogens is 16. The van der Waals surface area contributed by atoms with Crippen LogP contribution in [-0.2, 0) is 0 Å². The van der Waals surface area contributed by atoms with E-state index in [1.807, 2.05) is 308 Å². The first kappa shape index (κ1) is 93.4. The molecule has 634 valence electrons. The van der Waals surface area contributed by atoms with Crippen molar-refractivity contribution in [3.8, 4) is 78.8 Å². The van der Waals surface area contributed by atoms with Crippen molar-refractivity contribution in [2.24, 2.45) is 10.9 Å². The molecule has 2 unspecified atom stereocenters. The Labute approximate surface area is 743 Å². The van der Waals surface area contributed by atoms with Gasteiger partial charge in [-0.15, -0.1) is 0 Å². The maximum Gasteiger partial charge on any atom is 0.0917 e. The zero-order valence-corrected chi connectivity index (χ0v) is 75.6. The van der Waals surface area contributed by atoms with Gasteiger partial charge in [-0.2, -0.15) is 0 Å². The van der Waals surface area contributed by atoms with Gasteiger partial charge < -0.3 is 5.32 Å². The molecule has 18 heterocycles. The number of nitrogens with zero attached hydrogens (tertiary/aromatic N) is 17. The van der Waals surface area contributed by atoms with Crippen LogP contribution in [0.5, 0.6) is 0 Å². The summed E-state index contributed by atoms with van der Waals surface area (Å²) in [5.74, 6) is 0.571. The summed E-state index contributed by atoms with van der Waals surface area (Å²) in [4.78, 5) is 72.6. The number of hydrogen-bond acceptors (Lipinski definition) is 18. The molecule has 0 bridgehead atoms. The zero-order chi connectivity index (χ0) is 89.7. The Morgan fingerprint density at radius 3 is 1.19 bits per heavy atom. The van der Waals surface area contributed by atoms with Crippen LogP contribution in [0.1, 0.15) is 115 Å². The molecule has 1 N–H and O–H groups in total. The van der Waals surface area contributed by atoms with Crippen molar-refractivity contribution in [3.63, 3.8) is 0 Å². The topological polar surface area (TPSA) is 231 Å². The lowest BCUT2D eigenvalue weighted by molar-refractivity contribution is 0.734. The highest BCUT2D eigenvalue weighted by atomic mass is 14.9. The van der Waals surface area contributed by atoms with E-state index >= 15 is 0 Å². The Morgan fingerprint density at radius 1 is 0.270 bits per heavy atom. The third-order valence-electron chi connectivity index (χ3n) is 19.6. The first-order chi connectivity index (χ1) is 60.9. The van der Waals surface area contributed by atoms with Crippen LogP contribution in [0.2, 0.25) is 0 Å². The van der Waals surface area contributed by atoms with Gasteiger partial charge in [-0.1, -0.05) is 61.5 Å². The van der Waals surface area contributed by atoms with E-state index in [4.69, 9.17) is 0 Å². The molecule has 0 fully saturated rings. The molecule has 16 aromatic heterocycles. The Bertz CT molecular complexity index is 5670. The highest BCUT2D eigenvalue weighted by Crippen LogP contribution is 2.27. The summed E-state index contributed by atoms with van der Waals surface area (Å²) in [6.45, 7) is 37.7. The lowest BCUT2D eigenvalue weighted by Crippen LogP contribution is -2.20. The number of allylic oxidation sites excluding steroid dienone is 3. The average molecular weight is 1660 g/mol. The summed E-state index contributed by atoms with van der Waals surface area (Å²) in [6.07, 6.45) is 43.7. The highest BCUT2D eigenvalue weighted by molar-refractivity contribution is 6.09. The molecule has 18 nitrogen and oxygen atoms in total. The molecule has 2 aliphatic rings. The molecule has 16 aromatic rings. The van der Waals surface area contributed by atoms with Crippen LogP contribution in [0, 0.1) is 117 Å². The summed E-state index contributed by atoms with van der Waals surface area (Å²) in [5.41, 5.74) is 37.3. The molecule has 0 aliphatic carbocycles. The van der Waals surface area contributed by atoms with Crippen molar-refractivity contribution in [2.45, 2.75) is 131 Å². The summed E-state index contributed by atoms with van der Waals surface area (Å²) in [5, 5.41) is 3.26. The van der Waals surface area contributed by atoms with Crippen molar-refractivity contribution in [1.29, 1.82) is 0 Å². The Hall–Kier alpha value is -14.9. The van der Waals surface area contributed by atoms with Gasteiger partial charge in [0.2, 0.25) is 0 Å². The van der Waals surface area contributed by atoms with Crippen molar-refractivity contribution >= 4 is 11.3 Å². The molecule has 2 aliphatic heterocycles. The van der Waals surface area contributed by atoms with E-state index in [9.17, 15) is 0 Å². The molecule has 0 spiro atoms. The van der Waals surface area contributed by atoms with Crippen LogP contribution in [0.15, 0.2) is 329 Å². The van der Waals surface area contributed by atoms with Gasteiger partial charge in [-0.25, -0.2) is 0 Å². The van der Waals surface area contributed by atoms with Crippen LogP contribution >= 0.6 is 0 Å². The van der Waals surface area contributed by atoms with Crippen LogP contribution < -0.4 is 5.32 Å². The van der Waals surface area contributed by atoms with E-state index < -0.39 is 0 Å². The van der Waals surface area contributed by atoms with Gasteiger partial charge in [0, 0.05) is 192 Å². The van der Waals surface area contributed by atoms with E-state index in [1.165, 1.54) is 72.3 Å². The molecule has 18 rings (SSSR count). The van der Waals surface area contributed by atoms with Gasteiger partial charge in [0.25, 0.3) is 0 Å². The van der Waals surface area contributed by atoms with Gasteiger partial charge in [0.05, 0.1) is 51.3 Å². The number of nitrogens with one attached hydrogen (secondary N) is 1. The standard InChI is InChI=1S/6C12H12N2.2C12H14N2.C12H12N2/c1-9-3-11(7-13-5-9)12-4-10(2)6-14-8-12;1-9-3-6-12(14-7-9)11-5-4-10(2)13-8-11;1-9-7-13-5-3-11(9)12-4-6-14-8-10(12)2;1-9-7-11(3-5-13-9)12-4-6-14-10(2)8-12;1-9-3-5-13-11(7-9)12-8-10(2)4-6-14-12;1-9-5-3-7-13-11(9)12-10(2)6-4-8-14-12;1-9-3-4-12(14-8-9)11-5-6-13-10(2)7-11;1-9-6-7-11(8-13-9)12-5-3-4-10(2)14-12;1-9-6-7-11(13-8-9)12-5-3-4-10(2)14-12/h6*3-8H,1-2H3;3-7,9H,8H2,1-2H3;3-9,13H,1-2H3;3-8H,1-2H3. The maximum absolute atomic E-state index is 4.52. The van der Waals surface area contributed by atoms with E-state index in [-0.39, 0.29) is 0 Å². The normalized spacial score (nSPS) is 12.4. The van der Waals surface area contributed by atoms with Gasteiger partial charge in [-0.3, -0.25) is 84.7 Å². The lowest BCUT2D eigenvalue weighted by Gasteiger charge is -2.14. The summed E-state index contributed by atoms with van der Waals surface area (Å²) < 4.78 is 0. The number of aryl methyl sites for hydroxylation is 16. The average Bonchev–Trinajstić information content (AvgIpc) is 0.840. The predicted octanol–water partition coefficient (Wildman–Crippen LogP) is 24.0.